The third-order valence-electron chi connectivity index (χ3n) is 3.31. The number of carboxylic acids is 1. The Hall–Kier alpha value is -1.44. The number of rotatable bonds is 8. The van der Waals surface area contributed by atoms with Crippen LogP contribution >= 0.6 is 0 Å². The highest BCUT2D eigenvalue weighted by atomic mass is 32.2. The predicted octanol–water partition coefficient (Wildman–Crippen LogP) is 1.39. The van der Waals surface area contributed by atoms with E-state index < -0.39 is 28.1 Å². The van der Waals surface area contributed by atoms with Gasteiger partial charge in [0.15, 0.2) is 5.60 Å². The first-order valence-corrected chi connectivity index (χ1v) is 8.57. The number of benzene rings is 1. The lowest BCUT2D eigenvalue weighted by Gasteiger charge is -2.18. The summed E-state index contributed by atoms with van der Waals surface area (Å²) in [6, 6.07) is 6.44. The number of hydrogen-bond donors (Lipinski definition) is 3. The Morgan fingerprint density at radius 1 is 1.27 bits per heavy atom. The summed E-state index contributed by atoms with van der Waals surface area (Å²) in [5, 5.41) is 18.3. The monoisotopic (exact) mass is 329 g/mol. The smallest absolute Gasteiger partial charge is 0.336 e. The summed E-state index contributed by atoms with van der Waals surface area (Å²) in [6.45, 7) is 4.68. The third kappa shape index (κ3) is 5.40. The van der Waals surface area contributed by atoms with Crippen molar-refractivity contribution < 1.29 is 23.4 Å². The van der Waals surface area contributed by atoms with Crippen molar-refractivity contribution in [3.05, 3.63) is 29.8 Å². The highest BCUT2D eigenvalue weighted by Crippen LogP contribution is 2.14. The zero-order valence-electron chi connectivity index (χ0n) is 13.0. The third-order valence-corrected chi connectivity index (χ3v) is 4.73. The first-order valence-electron chi connectivity index (χ1n) is 7.09. The van der Waals surface area contributed by atoms with Gasteiger partial charge in [-0.15, -0.1) is 0 Å². The predicted molar refractivity (Wildman–Crippen MR) is 83.0 cm³/mol. The van der Waals surface area contributed by atoms with Crippen LogP contribution in [0.4, 0.5) is 0 Å². The van der Waals surface area contributed by atoms with Crippen LogP contribution in [0.15, 0.2) is 29.2 Å². The molecular weight excluding hydrogens is 306 g/mol. The number of aliphatic carboxylic acids is 1. The Labute approximate surface area is 131 Å². The van der Waals surface area contributed by atoms with Crippen molar-refractivity contribution in [1.29, 1.82) is 0 Å². The van der Waals surface area contributed by atoms with Crippen molar-refractivity contribution in [3.8, 4) is 0 Å². The molecule has 1 atom stereocenters. The minimum absolute atomic E-state index is 0.0435. The number of carbonyl (C=O) groups is 1. The van der Waals surface area contributed by atoms with Crippen LogP contribution in [0, 0.1) is 5.92 Å². The standard InChI is InChI=1S/C15H23NO5S/c1-11(2)4-5-12-6-8-13(9-7-12)22(20,21)16-10-15(3,19)14(17)18/h6-9,11,16,19H,4-5,10H2,1-3H3,(H,17,18). The van der Waals surface area contributed by atoms with E-state index in [9.17, 15) is 18.3 Å². The number of carboxylic acid groups (broad SMARTS) is 1. The van der Waals surface area contributed by atoms with Gasteiger partial charge in [-0.05, 0) is 43.4 Å². The number of aryl methyl sites for hydroxylation is 1. The molecule has 0 heterocycles. The second-order valence-electron chi connectivity index (χ2n) is 5.98. The first-order chi connectivity index (χ1) is 10.0. The molecule has 0 aliphatic heterocycles. The van der Waals surface area contributed by atoms with Crippen LogP contribution in [0.1, 0.15) is 32.8 Å². The lowest BCUT2D eigenvalue weighted by molar-refractivity contribution is -0.155. The zero-order valence-corrected chi connectivity index (χ0v) is 13.9. The molecule has 0 aromatic heterocycles. The van der Waals surface area contributed by atoms with Gasteiger partial charge < -0.3 is 10.2 Å². The molecule has 124 valence electrons. The second kappa shape index (κ2) is 7.21. The molecule has 0 radical (unpaired) electrons. The molecule has 0 aliphatic rings. The van der Waals surface area contributed by atoms with Crippen molar-refractivity contribution in [2.75, 3.05) is 6.54 Å². The molecule has 1 unspecified atom stereocenters. The molecule has 0 bridgehead atoms. The van der Waals surface area contributed by atoms with Crippen molar-refractivity contribution in [2.45, 2.75) is 44.1 Å². The van der Waals surface area contributed by atoms with E-state index in [0.717, 1.165) is 25.3 Å². The van der Waals surface area contributed by atoms with Crippen LogP contribution < -0.4 is 4.72 Å². The Bertz CT molecular complexity index is 605. The van der Waals surface area contributed by atoms with Gasteiger partial charge in [0.2, 0.25) is 10.0 Å². The maximum Gasteiger partial charge on any atom is 0.336 e. The molecule has 3 N–H and O–H groups in total. The number of hydrogen-bond acceptors (Lipinski definition) is 4. The van der Waals surface area contributed by atoms with Gasteiger partial charge in [-0.25, -0.2) is 17.9 Å². The Balaban J connectivity index is 2.75. The minimum atomic E-state index is -3.85. The van der Waals surface area contributed by atoms with Gasteiger partial charge >= 0.3 is 5.97 Å². The van der Waals surface area contributed by atoms with Crippen molar-refractivity contribution in [2.24, 2.45) is 5.92 Å². The number of aliphatic hydroxyl groups is 1. The SMILES string of the molecule is CC(C)CCc1ccc(S(=O)(=O)NCC(C)(O)C(=O)O)cc1. The lowest BCUT2D eigenvalue weighted by atomic mass is 10.0. The van der Waals surface area contributed by atoms with Gasteiger partial charge in [0.05, 0.1) is 11.4 Å². The highest BCUT2D eigenvalue weighted by molar-refractivity contribution is 7.89. The maximum atomic E-state index is 12.1. The molecule has 1 aromatic rings. The van der Waals surface area contributed by atoms with Gasteiger partial charge in [-0.1, -0.05) is 26.0 Å². The molecule has 0 saturated carbocycles. The molecule has 0 aliphatic carbocycles. The average molecular weight is 329 g/mol. The van der Waals surface area contributed by atoms with Crippen LogP contribution in [0.25, 0.3) is 0 Å². The summed E-state index contributed by atoms with van der Waals surface area (Å²) in [6.07, 6.45) is 1.89. The summed E-state index contributed by atoms with van der Waals surface area (Å²) in [5.74, 6) is -0.914. The lowest BCUT2D eigenvalue weighted by Crippen LogP contribution is -2.46. The minimum Gasteiger partial charge on any atom is -0.479 e. The van der Waals surface area contributed by atoms with Gasteiger partial charge in [0, 0.05) is 0 Å². The van der Waals surface area contributed by atoms with Crippen LogP contribution in [0.5, 0.6) is 0 Å². The molecule has 7 heteroatoms. The number of sulfonamides is 1. The van der Waals surface area contributed by atoms with E-state index >= 15 is 0 Å². The van der Waals surface area contributed by atoms with E-state index in [-0.39, 0.29) is 4.90 Å². The summed E-state index contributed by atoms with van der Waals surface area (Å²) < 4.78 is 26.2. The fourth-order valence-corrected chi connectivity index (χ4v) is 2.82. The normalized spacial score (nSPS) is 14.8. The maximum absolute atomic E-state index is 12.1. The summed E-state index contributed by atoms with van der Waals surface area (Å²) in [7, 11) is -3.85. The molecule has 0 spiro atoms. The second-order valence-corrected chi connectivity index (χ2v) is 7.75. The van der Waals surface area contributed by atoms with E-state index in [2.05, 4.69) is 18.6 Å². The largest absolute Gasteiger partial charge is 0.479 e. The quantitative estimate of drug-likeness (QED) is 0.668. The van der Waals surface area contributed by atoms with Crippen LogP contribution in [0.2, 0.25) is 0 Å². The molecule has 1 aromatic carbocycles. The van der Waals surface area contributed by atoms with Gasteiger partial charge in [-0.2, -0.15) is 0 Å². The number of nitrogens with one attached hydrogen (secondary N) is 1. The van der Waals surface area contributed by atoms with Gasteiger partial charge in [-0.3, -0.25) is 0 Å². The first kappa shape index (κ1) is 18.6. The van der Waals surface area contributed by atoms with Crippen LogP contribution in [-0.4, -0.2) is 36.7 Å². The van der Waals surface area contributed by atoms with Gasteiger partial charge in [0.1, 0.15) is 0 Å². The van der Waals surface area contributed by atoms with E-state index in [4.69, 9.17) is 5.11 Å². The Kier molecular flexibility index (Phi) is 6.10. The van der Waals surface area contributed by atoms with E-state index in [1.54, 1.807) is 12.1 Å². The van der Waals surface area contributed by atoms with Crippen molar-refractivity contribution in [3.63, 3.8) is 0 Å². The molecule has 1 rings (SSSR count). The Morgan fingerprint density at radius 3 is 2.27 bits per heavy atom. The van der Waals surface area contributed by atoms with Gasteiger partial charge in [0.25, 0.3) is 0 Å². The molecule has 6 nitrogen and oxygen atoms in total. The van der Waals surface area contributed by atoms with E-state index in [0.29, 0.717) is 5.92 Å². The van der Waals surface area contributed by atoms with E-state index in [1.165, 1.54) is 12.1 Å². The highest BCUT2D eigenvalue weighted by Gasteiger charge is 2.31. The summed E-state index contributed by atoms with van der Waals surface area (Å²) in [4.78, 5) is 10.8. The summed E-state index contributed by atoms with van der Waals surface area (Å²) in [5.41, 5.74) is -1.10. The van der Waals surface area contributed by atoms with Crippen molar-refractivity contribution in [1.82, 2.24) is 4.72 Å². The van der Waals surface area contributed by atoms with Crippen LogP contribution in [0.3, 0.4) is 0 Å². The molecule has 22 heavy (non-hydrogen) atoms. The molecule has 0 fully saturated rings. The fraction of sp³-hybridized carbons (Fsp3) is 0.533. The Morgan fingerprint density at radius 2 is 1.82 bits per heavy atom. The average Bonchev–Trinajstić information content (AvgIpc) is 2.43. The van der Waals surface area contributed by atoms with Crippen molar-refractivity contribution >= 4 is 16.0 Å². The molecular formula is C15H23NO5S. The molecule has 0 saturated heterocycles. The fourth-order valence-electron chi connectivity index (χ4n) is 1.69. The molecule has 0 amide bonds. The summed E-state index contributed by atoms with van der Waals surface area (Å²) >= 11 is 0. The topological polar surface area (TPSA) is 104 Å². The van der Waals surface area contributed by atoms with E-state index in [1.807, 2.05) is 0 Å². The zero-order chi connectivity index (χ0) is 17.0. The van der Waals surface area contributed by atoms with Crippen LogP contribution in [-0.2, 0) is 21.2 Å².